The predicted octanol–water partition coefficient (Wildman–Crippen LogP) is 4.70. The number of phenols is 2. The van der Waals surface area contributed by atoms with Gasteiger partial charge in [-0.3, -0.25) is 4.90 Å². The van der Waals surface area contributed by atoms with E-state index in [9.17, 15) is 10.2 Å². The van der Waals surface area contributed by atoms with Crippen molar-refractivity contribution in [3.05, 3.63) is 59.8 Å². The summed E-state index contributed by atoms with van der Waals surface area (Å²) in [6, 6.07) is 9.28. The van der Waals surface area contributed by atoms with E-state index < -0.39 is 0 Å². The fourth-order valence-corrected chi connectivity index (χ4v) is 3.86. The first-order valence-electron chi connectivity index (χ1n) is 9.66. The summed E-state index contributed by atoms with van der Waals surface area (Å²) < 4.78 is 2.12. The zero-order chi connectivity index (χ0) is 21.3. The van der Waals surface area contributed by atoms with Crippen LogP contribution in [0.3, 0.4) is 0 Å². The van der Waals surface area contributed by atoms with Gasteiger partial charge in [-0.25, -0.2) is 0 Å². The van der Waals surface area contributed by atoms with Crippen LogP contribution >= 0.6 is 12.2 Å². The summed E-state index contributed by atoms with van der Waals surface area (Å²) in [7, 11) is 3.80. The minimum atomic E-state index is -0.0383. The van der Waals surface area contributed by atoms with Crippen molar-refractivity contribution in [2.24, 2.45) is 7.05 Å². The molecule has 152 valence electrons. The van der Waals surface area contributed by atoms with Gasteiger partial charge in [0.2, 0.25) is 0 Å². The molecule has 0 fully saturated rings. The SMILES string of the molecule is C=C(c1cc(CC)c(O)cc1O)N(C(=S)NC)c1ccc2c(c1)c(CC)cn2C. The third-order valence-corrected chi connectivity index (χ3v) is 5.66. The Morgan fingerprint density at radius 3 is 2.41 bits per heavy atom. The molecular formula is C23H27N3O2S. The van der Waals surface area contributed by atoms with Crippen molar-refractivity contribution in [2.45, 2.75) is 26.7 Å². The summed E-state index contributed by atoms with van der Waals surface area (Å²) in [6.45, 7) is 8.30. The molecule has 0 bridgehead atoms. The summed E-state index contributed by atoms with van der Waals surface area (Å²) in [5, 5.41) is 25.2. The van der Waals surface area contributed by atoms with Gasteiger partial charge in [0.05, 0.1) is 5.70 Å². The Hall–Kier alpha value is -2.99. The van der Waals surface area contributed by atoms with Crippen LogP contribution in [0.2, 0.25) is 0 Å². The van der Waals surface area contributed by atoms with Gasteiger partial charge in [-0.2, -0.15) is 0 Å². The molecule has 3 N–H and O–H groups in total. The Morgan fingerprint density at radius 1 is 1.10 bits per heavy atom. The number of aryl methyl sites for hydroxylation is 3. The molecule has 5 nitrogen and oxygen atoms in total. The predicted molar refractivity (Wildman–Crippen MR) is 125 cm³/mol. The fraction of sp³-hybridized carbons (Fsp3) is 0.261. The fourth-order valence-electron chi connectivity index (χ4n) is 3.65. The first-order valence-corrected chi connectivity index (χ1v) is 10.1. The lowest BCUT2D eigenvalue weighted by molar-refractivity contribution is 0.445. The lowest BCUT2D eigenvalue weighted by atomic mass is 10.0. The molecule has 0 spiro atoms. The summed E-state index contributed by atoms with van der Waals surface area (Å²) in [5.41, 5.74) is 5.05. The quantitative estimate of drug-likeness (QED) is 0.534. The van der Waals surface area contributed by atoms with Gasteiger partial charge in [-0.1, -0.05) is 20.4 Å². The van der Waals surface area contributed by atoms with E-state index in [1.54, 1.807) is 13.1 Å². The number of thiocarbonyl (C=S) groups is 1. The smallest absolute Gasteiger partial charge is 0.177 e. The van der Waals surface area contributed by atoms with Gasteiger partial charge < -0.3 is 20.1 Å². The minimum absolute atomic E-state index is 0.0383. The second-order valence-electron chi connectivity index (χ2n) is 7.01. The number of phenolic OH excluding ortho intramolecular Hbond substituents is 2. The van der Waals surface area contributed by atoms with Gasteiger partial charge in [-0.15, -0.1) is 0 Å². The summed E-state index contributed by atoms with van der Waals surface area (Å²) in [6.07, 6.45) is 3.71. The normalized spacial score (nSPS) is 10.9. The Kier molecular flexibility index (Phi) is 5.84. The summed E-state index contributed by atoms with van der Waals surface area (Å²) >= 11 is 5.57. The highest BCUT2D eigenvalue weighted by atomic mass is 32.1. The molecule has 6 heteroatoms. The molecule has 0 aliphatic rings. The van der Waals surface area contributed by atoms with E-state index in [0.717, 1.165) is 28.6 Å². The number of hydrogen-bond acceptors (Lipinski definition) is 3. The van der Waals surface area contributed by atoms with Crippen molar-refractivity contribution in [1.82, 2.24) is 9.88 Å². The maximum atomic E-state index is 10.5. The molecule has 0 radical (unpaired) electrons. The van der Waals surface area contributed by atoms with Crippen molar-refractivity contribution in [3.63, 3.8) is 0 Å². The lowest BCUT2D eigenvalue weighted by Crippen LogP contribution is -2.36. The highest BCUT2D eigenvalue weighted by molar-refractivity contribution is 7.80. The Labute approximate surface area is 176 Å². The first-order chi connectivity index (χ1) is 13.8. The van der Waals surface area contributed by atoms with Gasteiger partial charge in [0.15, 0.2) is 5.11 Å². The molecule has 1 heterocycles. The van der Waals surface area contributed by atoms with Crippen LogP contribution in [0.15, 0.2) is 43.1 Å². The van der Waals surface area contributed by atoms with E-state index >= 15 is 0 Å². The van der Waals surface area contributed by atoms with E-state index in [2.05, 4.69) is 41.7 Å². The van der Waals surface area contributed by atoms with Crippen molar-refractivity contribution in [3.8, 4) is 11.5 Å². The largest absolute Gasteiger partial charge is 0.508 e. The topological polar surface area (TPSA) is 60.7 Å². The lowest BCUT2D eigenvalue weighted by Gasteiger charge is -2.28. The number of benzene rings is 2. The molecule has 0 atom stereocenters. The van der Waals surface area contributed by atoms with E-state index in [1.807, 2.05) is 24.9 Å². The van der Waals surface area contributed by atoms with Gasteiger partial charge in [0, 0.05) is 48.5 Å². The van der Waals surface area contributed by atoms with Crippen LogP contribution in [-0.4, -0.2) is 26.9 Å². The first kappa shape index (κ1) is 20.7. The van der Waals surface area contributed by atoms with Crippen molar-refractivity contribution in [2.75, 3.05) is 11.9 Å². The molecular weight excluding hydrogens is 382 g/mol. The van der Waals surface area contributed by atoms with E-state index in [-0.39, 0.29) is 11.5 Å². The van der Waals surface area contributed by atoms with Crippen LogP contribution in [0.1, 0.15) is 30.5 Å². The van der Waals surface area contributed by atoms with Gasteiger partial charge >= 0.3 is 0 Å². The molecule has 0 saturated carbocycles. The van der Waals surface area contributed by atoms with Gasteiger partial charge in [-0.05, 0) is 60.5 Å². The zero-order valence-electron chi connectivity index (χ0n) is 17.3. The average molecular weight is 410 g/mol. The van der Waals surface area contributed by atoms with Crippen LogP contribution in [0.5, 0.6) is 11.5 Å². The van der Waals surface area contributed by atoms with E-state index in [4.69, 9.17) is 12.2 Å². The number of nitrogens with zero attached hydrogens (tertiary/aromatic N) is 2. The number of nitrogens with one attached hydrogen (secondary N) is 1. The molecule has 0 unspecified atom stereocenters. The third-order valence-electron chi connectivity index (χ3n) is 5.27. The standard InChI is InChI=1S/C23H27N3O2S/c1-6-15-10-18(22(28)12-21(15)27)14(3)26(23(29)24-4)17-8-9-20-19(11-17)16(7-2)13-25(20)5/h8-13,27-28H,3,6-7H2,1-2,4-5H3,(H,24,29). The number of aromatic hydroxyl groups is 2. The zero-order valence-corrected chi connectivity index (χ0v) is 18.1. The molecule has 3 rings (SSSR count). The number of hydrogen-bond donors (Lipinski definition) is 3. The molecule has 2 aromatic carbocycles. The van der Waals surface area contributed by atoms with Crippen LogP contribution in [-0.2, 0) is 19.9 Å². The molecule has 0 aliphatic carbocycles. The van der Waals surface area contributed by atoms with Crippen molar-refractivity contribution in [1.29, 1.82) is 0 Å². The number of fused-ring (bicyclic) bond motifs is 1. The number of aromatic nitrogens is 1. The Balaban J connectivity index is 2.16. The van der Waals surface area contributed by atoms with Crippen molar-refractivity contribution < 1.29 is 10.2 Å². The highest BCUT2D eigenvalue weighted by Gasteiger charge is 2.21. The van der Waals surface area contributed by atoms with Crippen LogP contribution in [0, 0.1) is 0 Å². The van der Waals surface area contributed by atoms with Crippen LogP contribution in [0.4, 0.5) is 5.69 Å². The van der Waals surface area contributed by atoms with E-state index in [0.29, 0.717) is 22.8 Å². The summed E-state index contributed by atoms with van der Waals surface area (Å²) in [4.78, 5) is 1.81. The Bertz CT molecular complexity index is 1100. The second-order valence-corrected chi connectivity index (χ2v) is 7.40. The van der Waals surface area contributed by atoms with Gasteiger partial charge in [0.1, 0.15) is 11.5 Å². The minimum Gasteiger partial charge on any atom is -0.508 e. The second kappa shape index (κ2) is 8.17. The average Bonchev–Trinajstić information content (AvgIpc) is 3.03. The maximum Gasteiger partial charge on any atom is 0.177 e. The van der Waals surface area contributed by atoms with Crippen LogP contribution in [0.25, 0.3) is 16.6 Å². The number of anilines is 1. The monoisotopic (exact) mass is 409 g/mol. The Morgan fingerprint density at radius 2 is 1.79 bits per heavy atom. The third kappa shape index (κ3) is 3.68. The molecule has 1 aromatic heterocycles. The molecule has 3 aromatic rings. The molecule has 0 aliphatic heterocycles. The number of rotatable bonds is 5. The highest BCUT2D eigenvalue weighted by Crippen LogP contribution is 2.36. The van der Waals surface area contributed by atoms with Crippen molar-refractivity contribution >= 4 is 39.6 Å². The molecule has 0 saturated heterocycles. The van der Waals surface area contributed by atoms with Crippen LogP contribution < -0.4 is 10.2 Å². The summed E-state index contributed by atoms with van der Waals surface area (Å²) in [5.74, 6) is 0.0335. The van der Waals surface area contributed by atoms with E-state index in [1.165, 1.54) is 11.6 Å². The molecule has 29 heavy (non-hydrogen) atoms. The van der Waals surface area contributed by atoms with Gasteiger partial charge in [0.25, 0.3) is 0 Å². The maximum absolute atomic E-state index is 10.5. The molecule has 0 amide bonds.